The van der Waals surface area contributed by atoms with E-state index >= 15 is 0 Å². The standard InChI is InChI=1S/C24H23ClFNO4/c1-31-19-12-11-16(26)13-18(19)22(28)20-21(14-7-9-15(25)10-8-14)27(24(30)23(20)29)17-5-3-2-4-6-17/h7-13,17,21,28H,2-6H2,1H3/b22-20+. The largest absolute Gasteiger partial charge is 0.507 e. The zero-order valence-corrected chi connectivity index (χ0v) is 17.9. The Morgan fingerprint density at radius 3 is 2.42 bits per heavy atom. The van der Waals surface area contributed by atoms with Crippen molar-refractivity contribution in [2.75, 3.05) is 7.11 Å². The second-order valence-corrected chi connectivity index (χ2v) is 8.33. The first-order valence-corrected chi connectivity index (χ1v) is 10.7. The number of carbonyl (C=O) groups is 2. The Balaban J connectivity index is 1.91. The molecule has 1 N–H and O–H groups in total. The summed E-state index contributed by atoms with van der Waals surface area (Å²) in [6, 6.07) is 9.63. The molecule has 31 heavy (non-hydrogen) atoms. The van der Waals surface area contributed by atoms with E-state index in [9.17, 15) is 19.1 Å². The molecule has 0 radical (unpaired) electrons. The van der Waals surface area contributed by atoms with Crippen molar-refractivity contribution in [2.45, 2.75) is 44.2 Å². The molecule has 0 aromatic heterocycles. The third-order valence-electron chi connectivity index (χ3n) is 6.05. The molecule has 1 saturated carbocycles. The van der Waals surface area contributed by atoms with Crippen LogP contribution in [0, 0.1) is 5.82 Å². The second-order valence-electron chi connectivity index (χ2n) is 7.89. The number of likely N-dealkylation sites (tertiary alicyclic amines) is 1. The third-order valence-corrected chi connectivity index (χ3v) is 6.30. The van der Waals surface area contributed by atoms with Gasteiger partial charge in [0, 0.05) is 11.1 Å². The van der Waals surface area contributed by atoms with E-state index < -0.39 is 29.3 Å². The molecule has 1 aliphatic heterocycles. The van der Waals surface area contributed by atoms with Crippen LogP contribution in [0.25, 0.3) is 5.76 Å². The number of halogens is 2. The molecule has 1 unspecified atom stereocenters. The molecule has 2 aromatic carbocycles. The van der Waals surface area contributed by atoms with Gasteiger partial charge in [0.25, 0.3) is 11.7 Å². The number of methoxy groups -OCH3 is 1. The predicted octanol–water partition coefficient (Wildman–Crippen LogP) is 5.24. The predicted molar refractivity (Wildman–Crippen MR) is 115 cm³/mol. The highest BCUT2D eigenvalue weighted by Gasteiger charge is 2.49. The minimum absolute atomic E-state index is 0.0307. The third kappa shape index (κ3) is 3.92. The summed E-state index contributed by atoms with van der Waals surface area (Å²) in [7, 11) is 1.39. The van der Waals surface area contributed by atoms with Crippen molar-refractivity contribution in [3.8, 4) is 5.75 Å². The van der Waals surface area contributed by atoms with Gasteiger partial charge in [-0.05, 0) is 48.7 Å². The fraction of sp³-hybridized carbons (Fsp3) is 0.333. The van der Waals surface area contributed by atoms with Crippen molar-refractivity contribution < 1.29 is 23.8 Å². The molecule has 2 aliphatic rings. The Bertz CT molecular complexity index is 1040. The summed E-state index contributed by atoms with van der Waals surface area (Å²) >= 11 is 6.05. The molecule has 7 heteroatoms. The van der Waals surface area contributed by atoms with Crippen LogP contribution >= 0.6 is 11.6 Å². The number of hydrogen-bond donors (Lipinski definition) is 1. The van der Waals surface area contributed by atoms with Crippen LogP contribution in [-0.4, -0.2) is 34.8 Å². The van der Waals surface area contributed by atoms with Gasteiger partial charge in [0.05, 0.1) is 24.3 Å². The van der Waals surface area contributed by atoms with Crippen molar-refractivity contribution >= 4 is 29.1 Å². The summed E-state index contributed by atoms with van der Waals surface area (Å²) in [5, 5.41) is 11.7. The minimum Gasteiger partial charge on any atom is -0.507 e. The lowest BCUT2D eigenvalue weighted by Gasteiger charge is -2.35. The van der Waals surface area contributed by atoms with Gasteiger partial charge in [-0.2, -0.15) is 0 Å². The molecule has 2 fully saturated rings. The molecule has 0 bridgehead atoms. The van der Waals surface area contributed by atoms with Gasteiger partial charge >= 0.3 is 0 Å². The van der Waals surface area contributed by atoms with E-state index in [1.165, 1.54) is 19.2 Å². The van der Waals surface area contributed by atoms with Gasteiger partial charge in [0.15, 0.2) is 0 Å². The molecule has 1 atom stereocenters. The van der Waals surface area contributed by atoms with Gasteiger partial charge in [-0.3, -0.25) is 9.59 Å². The first-order chi connectivity index (χ1) is 14.9. The van der Waals surface area contributed by atoms with E-state index in [1.807, 2.05) is 0 Å². The number of aliphatic hydroxyl groups is 1. The highest BCUT2D eigenvalue weighted by Crippen LogP contribution is 2.44. The summed E-state index contributed by atoms with van der Waals surface area (Å²) in [6.07, 6.45) is 4.62. The molecule has 1 saturated heterocycles. The van der Waals surface area contributed by atoms with Crippen LogP contribution in [0.3, 0.4) is 0 Å². The van der Waals surface area contributed by atoms with Crippen LogP contribution in [0.1, 0.15) is 49.3 Å². The van der Waals surface area contributed by atoms with Gasteiger partial charge in [-0.25, -0.2) is 4.39 Å². The number of carbonyl (C=O) groups excluding carboxylic acids is 2. The lowest BCUT2D eigenvalue weighted by Crippen LogP contribution is -2.40. The average molecular weight is 444 g/mol. The maximum Gasteiger partial charge on any atom is 0.295 e. The molecular formula is C24H23ClFNO4. The number of aliphatic hydroxyl groups excluding tert-OH is 1. The Kier molecular flexibility index (Phi) is 6.01. The van der Waals surface area contributed by atoms with Gasteiger partial charge in [0.2, 0.25) is 0 Å². The molecule has 4 rings (SSSR count). The molecule has 1 amide bonds. The van der Waals surface area contributed by atoms with Gasteiger partial charge in [-0.15, -0.1) is 0 Å². The van der Waals surface area contributed by atoms with Crippen LogP contribution in [0.15, 0.2) is 48.0 Å². The van der Waals surface area contributed by atoms with Crippen LogP contribution in [0.5, 0.6) is 5.75 Å². The van der Waals surface area contributed by atoms with Gasteiger partial charge < -0.3 is 14.7 Å². The van der Waals surface area contributed by atoms with E-state index in [1.54, 1.807) is 29.2 Å². The van der Waals surface area contributed by atoms with E-state index in [0.29, 0.717) is 10.6 Å². The van der Waals surface area contributed by atoms with E-state index in [0.717, 1.165) is 38.2 Å². The highest BCUT2D eigenvalue weighted by atomic mass is 35.5. The van der Waals surface area contributed by atoms with Crippen molar-refractivity contribution in [1.82, 2.24) is 4.90 Å². The van der Waals surface area contributed by atoms with E-state index in [2.05, 4.69) is 0 Å². The van der Waals surface area contributed by atoms with Gasteiger partial charge in [0.1, 0.15) is 17.3 Å². The van der Waals surface area contributed by atoms with Crippen LogP contribution in [0.2, 0.25) is 5.02 Å². The smallest absolute Gasteiger partial charge is 0.295 e. The first kappa shape index (κ1) is 21.4. The number of benzene rings is 2. The Hall–Kier alpha value is -2.86. The summed E-state index contributed by atoms with van der Waals surface area (Å²) in [4.78, 5) is 27.8. The molecular weight excluding hydrogens is 421 g/mol. The van der Waals surface area contributed by atoms with Crippen molar-refractivity contribution in [1.29, 1.82) is 0 Å². The van der Waals surface area contributed by atoms with Crippen LogP contribution < -0.4 is 4.74 Å². The van der Waals surface area contributed by atoms with Gasteiger partial charge in [-0.1, -0.05) is 43.0 Å². The lowest BCUT2D eigenvalue weighted by molar-refractivity contribution is -0.141. The number of rotatable bonds is 4. The average Bonchev–Trinajstić information content (AvgIpc) is 3.05. The molecule has 1 aliphatic carbocycles. The monoisotopic (exact) mass is 443 g/mol. The second kappa shape index (κ2) is 8.71. The zero-order chi connectivity index (χ0) is 22.1. The number of Topliss-reactive ketones (excluding diaryl/α,β-unsaturated/α-hetero) is 1. The van der Waals surface area contributed by atoms with Crippen LogP contribution in [0.4, 0.5) is 4.39 Å². The quantitative estimate of drug-likeness (QED) is 0.398. The molecule has 0 spiro atoms. The summed E-state index contributed by atoms with van der Waals surface area (Å²) in [6.45, 7) is 0. The molecule has 5 nitrogen and oxygen atoms in total. The highest BCUT2D eigenvalue weighted by molar-refractivity contribution is 6.46. The number of nitrogens with zero attached hydrogens (tertiary/aromatic N) is 1. The fourth-order valence-corrected chi connectivity index (χ4v) is 4.69. The summed E-state index contributed by atoms with van der Waals surface area (Å²) in [5.74, 6) is -2.27. The maximum absolute atomic E-state index is 14.0. The normalized spacial score (nSPS) is 21.5. The van der Waals surface area contributed by atoms with Crippen LogP contribution in [-0.2, 0) is 9.59 Å². The van der Waals surface area contributed by atoms with Crippen molar-refractivity contribution in [2.24, 2.45) is 0 Å². The molecule has 162 valence electrons. The topological polar surface area (TPSA) is 66.8 Å². The van der Waals surface area contributed by atoms with E-state index in [-0.39, 0.29) is 22.9 Å². The van der Waals surface area contributed by atoms with Crippen molar-refractivity contribution in [3.05, 3.63) is 70.0 Å². The SMILES string of the molecule is COc1ccc(F)cc1/C(O)=C1\C(=O)C(=O)N(C2CCCCC2)C1c1ccc(Cl)cc1. The number of ether oxygens (including phenoxy) is 1. The maximum atomic E-state index is 14.0. The zero-order valence-electron chi connectivity index (χ0n) is 17.1. The molecule has 1 heterocycles. The Labute approximate surface area is 185 Å². The van der Waals surface area contributed by atoms with E-state index in [4.69, 9.17) is 16.3 Å². The minimum atomic E-state index is -0.784. The first-order valence-electron chi connectivity index (χ1n) is 10.3. The van der Waals surface area contributed by atoms with Crippen molar-refractivity contribution in [3.63, 3.8) is 0 Å². The summed E-state index contributed by atoms with van der Waals surface area (Å²) < 4.78 is 19.2. The summed E-state index contributed by atoms with van der Waals surface area (Å²) in [5.41, 5.74) is 0.621. The molecule has 2 aromatic rings. The lowest BCUT2D eigenvalue weighted by atomic mass is 9.91. The number of hydrogen-bond acceptors (Lipinski definition) is 4. The Morgan fingerprint density at radius 1 is 1.10 bits per heavy atom. The number of amides is 1. The Morgan fingerprint density at radius 2 is 1.77 bits per heavy atom. The fourth-order valence-electron chi connectivity index (χ4n) is 4.57. The number of ketones is 1.